The van der Waals surface area contributed by atoms with Gasteiger partial charge in [0.1, 0.15) is 8.07 Å². The molecule has 4 aromatic heterocycles. The lowest BCUT2D eigenvalue weighted by atomic mass is 10.1. The maximum absolute atomic E-state index is 5.80. The summed E-state index contributed by atoms with van der Waals surface area (Å²) in [6.07, 6.45) is 3.84. The normalized spacial score (nSPS) is 12.0. The molecule has 4 heterocycles. The number of pyridine rings is 3. The molecule has 0 fully saturated rings. The molecular weight excluding hydrogens is 374 g/mol. The third kappa shape index (κ3) is 3.04. The van der Waals surface area contributed by atoms with Crippen LogP contribution in [0.1, 0.15) is 5.69 Å². The highest BCUT2D eigenvalue weighted by molar-refractivity contribution is 7.00. The van der Waals surface area contributed by atoms with Crippen molar-refractivity contribution in [2.75, 3.05) is 0 Å². The van der Waals surface area contributed by atoms with Crippen molar-refractivity contribution in [1.82, 2.24) is 15.0 Å². The molecule has 5 aromatic rings. The molecule has 0 N–H and O–H groups in total. The number of hydrogen-bond donors (Lipinski definition) is 0. The van der Waals surface area contributed by atoms with Gasteiger partial charge in [0, 0.05) is 29.0 Å². The van der Waals surface area contributed by atoms with Crippen LogP contribution in [0.25, 0.3) is 33.5 Å². The van der Waals surface area contributed by atoms with Crippen molar-refractivity contribution in [2.45, 2.75) is 20.0 Å². The summed E-state index contributed by atoms with van der Waals surface area (Å²) in [6, 6.07) is 21.2. The highest BCUT2D eigenvalue weighted by Crippen LogP contribution is 2.29. The first-order valence-electron chi connectivity index (χ1n) is 9.71. The minimum Gasteiger partial charge on any atom is -0.419 e. The molecule has 4 nitrogen and oxygen atoms in total. The van der Waals surface area contributed by atoms with Crippen LogP contribution >= 0.6 is 0 Å². The van der Waals surface area contributed by atoms with Gasteiger partial charge in [0.15, 0.2) is 0 Å². The molecule has 1 aromatic carbocycles. The van der Waals surface area contributed by atoms with Crippen molar-refractivity contribution in [3.05, 3.63) is 78.8 Å². The van der Waals surface area contributed by atoms with Crippen LogP contribution in [0.3, 0.4) is 0 Å². The molecule has 0 aliphatic rings. The first-order chi connectivity index (χ1) is 14.0. The monoisotopic (exact) mass is 395 g/mol. The van der Waals surface area contributed by atoms with Crippen LogP contribution < -0.4 is 10.4 Å². The topological polar surface area (TPSA) is 51.8 Å². The molecule has 0 saturated carbocycles. The number of benzene rings is 1. The van der Waals surface area contributed by atoms with Gasteiger partial charge in [-0.15, -0.1) is 0 Å². The fourth-order valence-corrected chi connectivity index (χ4v) is 5.98. The maximum atomic E-state index is 5.80. The van der Waals surface area contributed by atoms with Gasteiger partial charge in [-0.25, -0.2) is 9.97 Å². The lowest BCUT2D eigenvalue weighted by molar-refractivity contribution is 0.639. The van der Waals surface area contributed by atoms with Crippen molar-refractivity contribution in [2.24, 2.45) is 0 Å². The Kier molecular flexibility index (Phi) is 4.06. The Morgan fingerprint density at radius 2 is 1.59 bits per heavy atom. The van der Waals surface area contributed by atoms with Crippen LogP contribution in [0.5, 0.6) is 0 Å². The second-order valence-electron chi connectivity index (χ2n) is 7.91. The van der Waals surface area contributed by atoms with E-state index in [9.17, 15) is 0 Å². The summed E-state index contributed by atoms with van der Waals surface area (Å²) in [7, 11) is -1.76. The molecule has 0 spiro atoms. The van der Waals surface area contributed by atoms with E-state index in [1.807, 2.05) is 31.5 Å². The van der Waals surface area contributed by atoms with Crippen molar-refractivity contribution in [3.8, 4) is 11.3 Å². The first-order valence-corrected chi connectivity index (χ1v) is 12.7. The van der Waals surface area contributed by atoms with Crippen molar-refractivity contribution < 1.29 is 4.42 Å². The van der Waals surface area contributed by atoms with E-state index in [2.05, 4.69) is 71.6 Å². The van der Waals surface area contributed by atoms with Gasteiger partial charge in [-0.2, -0.15) is 0 Å². The number of fused-ring (bicyclic) bond motifs is 3. The zero-order chi connectivity index (χ0) is 20.0. The summed E-state index contributed by atoms with van der Waals surface area (Å²) >= 11 is 0. The first kappa shape index (κ1) is 17.8. The van der Waals surface area contributed by atoms with Crippen molar-refractivity contribution in [3.63, 3.8) is 0 Å². The van der Waals surface area contributed by atoms with E-state index >= 15 is 0 Å². The minimum absolute atomic E-state index is 0.607. The van der Waals surface area contributed by atoms with Gasteiger partial charge < -0.3 is 4.42 Å². The summed E-state index contributed by atoms with van der Waals surface area (Å²) in [5, 5.41) is 4.67. The predicted molar refractivity (Wildman–Crippen MR) is 120 cm³/mol. The van der Waals surface area contributed by atoms with E-state index in [0.29, 0.717) is 11.4 Å². The Morgan fingerprint density at radius 3 is 2.34 bits per heavy atom. The molecule has 0 atom stereocenters. The number of rotatable bonds is 3. The molecule has 0 radical (unpaired) electrons. The number of furan rings is 1. The lowest BCUT2D eigenvalue weighted by Crippen LogP contribution is -2.52. The average molecular weight is 396 g/mol. The van der Waals surface area contributed by atoms with Crippen LogP contribution in [0.2, 0.25) is 13.1 Å². The van der Waals surface area contributed by atoms with E-state index in [4.69, 9.17) is 9.40 Å². The minimum atomic E-state index is -1.76. The molecule has 29 heavy (non-hydrogen) atoms. The van der Waals surface area contributed by atoms with Gasteiger partial charge in [-0.05, 0) is 36.4 Å². The zero-order valence-corrected chi connectivity index (χ0v) is 17.7. The summed E-state index contributed by atoms with van der Waals surface area (Å²) in [4.78, 5) is 13.7. The number of aryl methyl sites for hydroxylation is 1. The molecule has 0 amide bonds. The van der Waals surface area contributed by atoms with Gasteiger partial charge in [0.2, 0.25) is 11.4 Å². The van der Waals surface area contributed by atoms with E-state index in [0.717, 1.165) is 27.7 Å². The third-order valence-electron chi connectivity index (χ3n) is 5.61. The molecule has 0 saturated heterocycles. The van der Waals surface area contributed by atoms with Crippen LogP contribution in [0.4, 0.5) is 0 Å². The van der Waals surface area contributed by atoms with Crippen molar-refractivity contribution >= 4 is 40.6 Å². The summed E-state index contributed by atoms with van der Waals surface area (Å²) in [5.41, 5.74) is 4.06. The fraction of sp³-hybridized carbons (Fsp3) is 0.125. The van der Waals surface area contributed by atoms with Crippen LogP contribution in [0.15, 0.2) is 77.5 Å². The fourth-order valence-electron chi connectivity index (χ4n) is 3.73. The second-order valence-corrected chi connectivity index (χ2v) is 12.3. The van der Waals surface area contributed by atoms with Gasteiger partial charge in [0.25, 0.3) is 0 Å². The lowest BCUT2D eigenvalue weighted by Gasteiger charge is -2.23. The average Bonchev–Trinajstić information content (AvgIpc) is 3.11. The Bertz CT molecular complexity index is 1330. The number of nitrogens with zero attached hydrogens (tertiary/aromatic N) is 3. The molecule has 5 rings (SSSR count). The third-order valence-corrected chi connectivity index (χ3v) is 9.13. The molecule has 0 aliphatic carbocycles. The zero-order valence-electron chi connectivity index (χ0n) is 16.7. The summed E-state index contributed by atoms with van der Waals surface area (Å²) < 4.78 is 5.80. The van der Waals surface area contributed by atoms with Crippen molar-refractivity contribution in [1.29, 1.82) is 0 Å². The number of hydrogen-bond acceptors (Lipinski definition) is 4. The molecule has 0 unspecified atom stereocenters. The predicted octanol–water partition coefficient (Wildman–Crippen LogP) is 4.57. The second kappa shape index (κ2) is 6.64. The highest BCUT2D eigenvalue weighted by Gasteiger charge is 2.26. The quantitative estimate of drug-likeness (QED) is 0.420. The van der Waals surface area contributed by atoms with Crippen LogP contribution in [-0.2, 0) is 0 Å². The van der Waals surface area contributed by atoms with Gasteiger partial charge in [0.05, 0.1) is 11.1 Å². The molecule has 0 bridgehead atoms. The van der Waals surface area contributed by atoms with E-state index in [1.165, 1.54) is 10.4 Å². The van der Waals surface area contributed by atoms with Crippen LogP contribution in [-0.4, -0.2) is 23.0 Å². The van der Waals surface area contributed by atoms with E-state index < -0.39 is 8.07 Å². The van der Waals surface area contributed by atoms with E-state index in [1.54, 1.807) is 0 Å². The standard InChI is InChI=1S/C24H21N3OSi/c1-16-9-11-20-21-13-17(14-26-23(21)28-24(20)27-16)22-12-10-19(15-25-22)29(2,3)18-7-5-4-6-8-18/h4-15H,1-3H3. The SMILES string of the molecule is Cc1ccc2c(n1)oc1ncc(-c3ccc([Si](C)(C)c4ccccc4)cn3)cc12. The van der Waals surface area contributed by atoms with E-state index in [-0.39, 0.29) is 0 Å². The number of aromatic nitrogens is 3. The summed E-state index contributed by atoms with van der Waals surface area (Å²) in [6.45, 7) is 6.68. The largest absolute Gasteiger partial charge is 0.419 e. The molecule has 0 aliphatic heterocycles. The summed E-state index contributed by atoms with van der Waals surface area (Å²) in [5.74, 6) is 0. The van der Waals surface area contributed by atoms with Crippen LogP contribution in [0, 0.1) is 6.92 Å². The highest BCUT2D eigenvalue weighted by atomic mass is 28.3. The van der Waals surface area contributed by atoms with Gasteiger partial charge in [-0.1, -0.05) is 54.7 Å². The maximum Gasteiger partial charge on any atom is 0.229 e. The smallest absolute Gasteiger partial charge is 0.229 e. The Hall–Kier alpha value is -3.31. The van der Waals surface area contributed by atoms with Gasteiger partial charge >= 0.3 is 0 Å². The Labute approximate surface area is 170 Å². The molecule has 142 valence electrons. The van der Waals surface area contributed by atoms with Gasteiger partial charge in [-0.3, -0.25) is 4.98 Å². The Morgan fingerprint density at radius 1 is 0.759 bits per heavy atom. The Balaban J connectivity index is 1.54. The molecule has 5 heteroatoms. The molecular formula is C24H21N3OSi.